The molecule has 1 aliphatic rings. The van der Waals surface area contributed by atoms with E-state index in [1.54, 1.807) is 0 Å². The number of hydrogen-bond acceptors (Lipinski definition) is 2. The predicted molar refractivity (Wildman–Crippen MR) is 87.2 cm³/mol. The number of rotatable bonds is 6. The minimum Gasteiger partial charge on any atom is -0.343 e. The first-order chi connectivity index (χ1) is 10.2. The highest BCUT2D eigenvalue weighted by molar-refractivity contribution is 5.78. The van der Waals surface area contributed by atoms with Crippen LogP contribution in [0.4, 0.5) is 0 Å². The van der Waals surface area contributed by atoms with Crippen LogP contribution in [0, 0.1) is 5.92 Å². The predicted octanol–water partition coefficient (Wildman–Crippen LogP) is 2.81. The molecule has 0 N–H and O–H groups in total. The Bertz CT molecular complexity index is 420. The summed E-state index contributed by atoms with van der Waals surface area (Å²) in [6.45, 7) is 9.03. The van der Waals surface area contributed by atoms with E-state index < -0.39 is 0 Å². The summed E-state index contributed by atoms with van der Waals surface area (Å²) < 4.78 is 0. The maximum atomic E-state index is 12.4. The molecule has 0 unspecified atom stereocenters. The number of nitrogens with zero attached hydrogens (tertiary/aromatic N) is 2. The second kappa shape index (κ2) is 8.18. The molecule has 1 aliphatic heterocycles. The van der Waals surface area contributed by atoms with Gasteiger partial charge in [0.1, 0.15) is 0 Å². The summed E-state index contributed by atoms with van der Waals surface area (Å²) in [5.41, 5.74) is 1.40. The van der Waals surface area contributed by atoms with E-state index >= 15 is 0 Å². The van der Waals surface area contributed by atoms with E-state index in [1.807, 2.05) is 4.90 Å². The average Bonchev–Trinajstić information content (AvgIpc) is 2.55. The van der Waals surface area contributed by atoms with Crippen molar-refractivity contribution < 1.29 is 4.79 Å². The zero-order valence-corrected chi connectivity index (χ0v) is 13.4. The summed E-state index contributed by atoms with van der Waals surface area (Å²) in [4.78, 5) is 16.8. The fourth-order valence-electron chi connectivity index (χ4n) is 3.13. The molecule has 0 radical (unpaired) electrons. The Kier molecular flexibility index (Phi) is 6.24. The summed E-state index contributed by atoms with van der Waals surface area (Å²) in [7, 11) is 0. The highest BCUT2D eigenvalue weighted by atomic mass is 16.2. The number of hydrogen-bond donors (Lipinski definition) is 0. The van der Waals surface area contributed by atoms with Crippen LogP contribution in [-0.2, 0) is 11.2 Å². The van der Waals surface area contributed by atoms with Gasteiger partial charge in [-0.2, -0.15) is 0 Å². The van der Waals surface area contributed by atoms with Gasteiger partial charge in [-0.3, -0.25) is 4.79 Å². The molecular formula is C18H28N2O. The summed E-state index contributed by atoms with van der Waals surface area (Å²) in [5, 5.41) is 0. The zero-order chi connectivity index (χ0) is 15.1. The van der Waals surface area contributed by atoms with Gasteiger partial charge in [0, 0.05) is 25.6 Å². The van der Waals surface area contributed by atoms with Gasteiger partial charge in [-0.05, 0) is 51.8 Å². The van der Waals surface area contributed by atoms with Crippen LogP contribution >= 0.6 is 0 Å². The Morgan fingerprint density at radius 3 is 2.33 bits per heavy atom. The highest BCUT2D eigenvalue weighted by Gasteiger charge is 2.27. The molecule has 1 heterocycles. The SMILES string of the molecule is CCN(CC)C(=O)C1CCN(CCc2ccccc2)CC1. The third kappa shape index (κ3) is 4.57. The smallest absolute Gasteiger partial charge is 0.225 e. The molecular weight excluding hydrogens is 260 g/mol. The normalized spacial score (nSPS) is 16.9. The second-order valence-corrected chi connectivity index (χ2v) is 5.86. The maximum absolute atomic E-state index is 12.4. The Morgan fingerprint density at radius 2 is 1.76 bits per heavy atom. The van der Waals surface area contributed by atoms with Crippen molar-refractivity contribution in [2.24, 2.45) is 5.92 Å². The number of carbonyl (C=O) groups excluding carboxylic acids is 1. The van der Waals surface area contributed by atoms with Gasteiger partial charge < -0.3 is 9.80 Å². The minimum atomic E-state index is 0.248. The van der Waals surface area contributed by atoms with Gasteiger partial charge in [-0.25, -0.2) is 0 Å². The van der Waals surface area contributed by atoms with Crippen molar-refractivity contribution in [2.75, 3.05) is 32.7 Å². The number of amides is 1. The highest BCUT2D eigenvalue weighted by Crippen LogP contribution is 2.20. The first-order valence-corrected chi connectivity index (χ1v) is 8.29. The molecule has 0 atom stereocenters. The summed E-state index contributed by atoms with van der Waals surface area (Å²) in [6.07, 6.45) is 3.14. The van der Waals surface area contributed by atoms with Crippen molar-refractivity contribution >= 4 is 5.91 Å². The minimum absolute atomic E-state index is 0.248. The Balaban J connectivity index is 1.74. The first-order valence-electron chi connectivity index (χ1n) is 8.29. The quantitative estimate of drug-likeness (QED) is 0.803. The van der Waals surface area contributed by atoms with Gasteiger partial charge >= 0.3 is 0 Å². The van der Waals surface area contributed by atoms with Crippen LogP contribution in [0.15, 0.2) is 30.3 Å². The largest absolute Gasteiger partial charge is 0.343 e. The lowest BCUT2D eigenvalue weighted by atomic mass is 9.95. The topological polar surface area (TPSA) is 23.6 Å². The molecule has 2 rings (SSSR count). The third-order valence-electron chi connectivity index (χ3n) is 4.57. The van der Waals surface area contributed by atoms with Gasteiger partial charge in [0.25, 0.3) is 0 Å². The van der Waals surface area contributed by atoms with Gasteiger partial charge in [0.2, 0.25) is 5.91 Å². The van der Waals surface area contributed by atoms with E-state index in [9.17, 15) is 4.79 Å². The van der Waals surface area contributed by atoms with Crippen molar-refractivity contribution in [3.05, 3.63) is 35.9 Å². The number of carbonyl (C=O) groups is 1. The summed E-state index contributed by atoms with van der Waals surface area (Å²) in [5.74, 6) is 0.612. The van der Waals surface area contributed by atoms with Crippen molar-refractivity contribution in [3.63, 3.8) is 0 Å². The van der Waals surface area contributed by atoms with E-state index in [2.05, 4.69) is 49.1 Å². The van der Waals surface area contributed by atoms with Crippen LogP contribution in [0.5, 0.6) is 0 Å². The molecule has 0 aliphatic carbocycles. The molecule has 0 bridgehead atoms. The standard InChI is InChI=1S/C18H28N2O/c1-3-20(4-2)18(21)17-11-14-19(15-12-17)13-10-16-8-6-5-7-9-16/h5-9,17H,3-4,10-15H2,1-2H3. The lowest BCUT2D eigenvalue weighted by Crippen LogP contribution is -2.42. The van der Waals surface area contributed by atoms with E-state index in [0.717, 1.165) is 52.0 Å². The Labute approximate surface area is 128 Å². The van der Waals surface area contributed by atoms with Crippen molar-refractivity contribution in [2.45, 2.75) is 33.1 Å². The Hall–Kier alpha value is -1.35. The second-order valence-electron chi connectivity index (χ2n) is 5.86. The van der Waals surface area contributed by atoms with Crippen LogP contribution in [0.2, 0.25) is 0 Å². The molecule has 21 heavy (non-hydrogen) atoms. The molecule has 3 nitrogen and oxygen atoms in total. The molecule has 1 amide bonds. The van der Waals surface area contributed by atoms with Gasteiger partial charge in [-0.15, -0.1) is 0 Å². The van der Waals surface area contributed by atoms with Crippen molar-refractivity contribution in [1.82, 2.24) is 9.80 Å². The molecule has 0 spiro atoms. The van der Waals surface area contributed by atoms with Crippen molar-refractivity contribution in [1.29, 1.82) is 0 Å². The number of piperidine rings is 1. The van der Waals surface area contributed by atoms with Crippen molar-refractivity contribution in [3.8, 4) is 0 Å². The zero-order valence-electron chi connectivity index (χ0n) is 13.4. The molecule has 0 aromatic heterocycles. The van der Waals surface area contributed by atoms with Gasteiger partial charge in [-0.1, -0.05) is 30.3 Å². The van der Waals surface area contributed by atoms with Crippen LogP contribution < -0.4 is 0 Å². The molecule has 1 aromatic rings. The van der Waals surface area contributed by atoms with Crippen LogP contribution in [0.3, 0.4) is 0 Å². The lowest BCUT2D eigenvalue weighted by Gasteiger charge is -2.33. The van der Waals surface area contributed by atoms with E-state index in [1.165, 1.54) is 5.56 Å². The first kappa shape index (κ1) is 16.0. The fourth-order valence-corrected chi connectivity index (χ4v) is 3.13. The third-order valence-corrected chi connectivity index (χ3v) is 4.57. The number of likely N-dealkylation sites (tertiary alicyclic amines) is 1. The number of benzene rings is 1. The summed E-state index contributed by atoms with van der Waals surface area (Å²) >= 11 is 0. The van der Waals surface area contributed by atoms with E-state index in [4.69, 9.17) is 0 Å². The van der Waals surface area contributed by atoms with Crippen LogP contribution in [0.1, 0.15) is 32.3 Å². The van der Waals surface area contributed by atoms with Gasteiger partial charge in [0.05, 0.1) is 0 Å². The molecule has 116 valence electrons. The Morgan fingerprint density at radius 1 is 1.14 bits per heavy atom. The van der Waals surface area contributed by atoms with E-state index in [0.29, 0.717) is 5.91 Å². The monoisotopic (exact) mass is 288 g/mol. The molecule has 1 saturated heterocycles. The van der Waals surface area contributed by atoms with E-state index in [-0.39, 0.29) is 5.92 Å². The summed E-state index contributed by atoms with van der Waals surface area (Å²) in [6, 6.07) is 10.6. The average molecular weight is 288 g/mol. The molecule has 3 heteroatoms. The van der Waals surface area contributed by atoms with Gasteiger partial charge in [0.15, 0.2) is 0 Å². The molecule has 0 saturated carbocycles. The van der Waals surface area contributed by atoms with Crippen LogP contribution in [0.25, 0.3) is 0 Å². The molecule has 1 aromatic carbocycles. The molecule has 1 fully saturated rings. The van der Waals surface area contributed by atoms with Crippen LogP contribution in [-0.4, -0.2) is 48.4 Å². The lowest BCUT2D eigenvalue weighted by molar-refractivity contribution is -0.136. The maximum Gasteiger partial charge on any atom is 0.225 e. The fraction of sp³-hybridized carbons (Fsp3) is 0.611.